The van der Waals surface area contributed by atoms with E-state index in [1.807, 2.05) is 13.8 Å². The largest absolute Gasteiger partial charge is 0.483 e. The first-order valence-electron chi connectivity index (χ1n) is 10.7. The molecule has 174 valence electrons. The second-order valence-electron chi connectivity index (χ2n) is 7.74. The standard InChI is InChI=1S/C23H30N2O7/c1-5-7-15-10-20(28)32-22-14(4)17(9-8-16(15)22)31-12-19(27)24-11-18(26)25-21(23(29)30)13(3)6-2/h8-10,13,21H,5-7,11-12H2,1-4H3,(H,24,27)(H,25,26)(H,29,30)/t13-,21-/m1/s1. The molecular weight excluding hydrogens is 416 g/mol. The average Bonchev–Trinajstić information content (AvgIpc) is 2.75. The molecule has 0 unspecified atom stereocenters. The van der Waals surface area contributed by atoms with Crippen molar-refractivity contribution in [3.8, 4) is 5.75 Å². The Hall–Kier alpha value is -3.36. The number of hydrogen-bond donors (Lipinski definition) is 3. The molecule has 1 aromatic carbocycles. The van der Waals surface area contributed by atoms with E-state index in [4.69, 9.17) is 9.15 Å². The minimum absolute atomic E-state index is 0.246. The maximum absolute atomic E-state index is 12.1. The molecule has 9 nitrogen and oxygen atoms in total. The molecule has 2 aromatic rings. The molecule has 3 N–H and O–H groups in total. The molecule has 9 heteroatoms. The summed E-state index contributed by atoms with van der Waals surface area (Å²) in [7, 11) is 0. The van der Waals surface area contributed by atoms with E-state index in [2.05, 4.69) is 10.6 Å². The summed E-state index contributed by atoms with van der Waals surface area (Å²) in [6.45, 7) is 6.60. The van der Waals surface area contributed by atoms with E-state index in [9.17, 15) is 24.3 Å². The van der Waals surface area contributed by atoms with Crippen molar-refractivity contribution in [2.24, 2.45) is 5.92 Å². The summed E-state index contributed by atoms with van der Waals surface area (Å²) in [6.07, 6.45) is 2.21. The van der Waals surface area contributed by atoms with Gasteiger partial charge in [0.05, 0.1) is 6.54 Å². The first-order valence-corrected chi connectivity index (χ1v) is 10.7. The van der Waals surface area contributed by atoms with E-state index in [0.717, 1.165) is 23.8 Å². The fourth-order valence-electron chi connectivity index (χ4n) is 3.32. The number of benzene rings is 1. The van der Waals surface area contributed by atoms with Gasteiger partial charge in [0.25, 0.3) is 5.91 Å². The Kier molecular flexibility index (Phi) is 8.80. The molecule has 2 atom stereocenters. The van der Waals surface area contributed by atoms with Crippen molar-refractivity contribution < 1.29 is 28.6 Å². The first-order chi connectivity index (χ1) is 15.2. The lowest BCUT2D eigenvalue weighted by Crippen LogP contribution is -2.48. The zero-order valence-corrected chi connectivity index (χ0v) is 18.8. The van der Waals surface area contributed by atoms with E-state index < -0.39 is 29.5 Å². The second-order valence-corrected chi connectivity index (χ2v) is 7.74. The number of rotatable bonds is 11. The molecule has 0 aliphatic rings. The zero-order valence-electron chi connectivity index (χ0n) is 18.8. The monoisotopic (exact) mass is 446 g/mol. The molecule has 0 saturated carbocycles. The molecule has 2 rings (SSSR count). The van der Waals surface area contributed by atoms with Crippen LogP contribution in [0.15, 0.2) is 27.4 Å². The van der Waals surface area contributed by atoms with Crippen LogP contribution in [0.1, 0.15) is 44.7 Å². The van der Waals surface area contributed by atoms with E-state index >= 15 is 0 Å². The molecule has 32 heavy (non-hydrogen) atoms. The summed E-state index contributed by atoms with van der Waals surface area (Å²) >= 11 is 0. The van der Waals surface area contributed by atoms with E-state index in [0.29, 0.717) is 23.3 Å². The van der Waals surface area contributed by atoms with Crippen LogP contribution in [0, 0.1) is 12.8 Å². The predicted octanol–water partition coefficient (Wildman–Crippen LogP) is 2.16. The van der Waals surface area contributed by atoms with Gasteiger partial charge in [0, 0.05) is 17.0 Å². The first kappa shape index (κ1) is 24.9. The third kappa shape index (κ3) is 6.32. The third-order valence-electron chi connectivity index (χ3n) is 5.32. The number of carbonyl (C=O) groups excluding carboxylic acids is 2. The highest BCUT2D eigenvalue weighted by Crippen LogP contribution is 2.28. The number of aryl methyl sites for hydroxylation is 2. The highest BCUT2D eigenvalue weighted by molar-refractivity contribution is 5.88. The Labute approximate surface area is 186 Å². The van der Waals surface area contributed by atoms with Crippen molar-refractivity contribution in [2.75, 3.05) is 13.2 Å². The van der Waals surface area contributed by atoms with Crippen molar-refractivity contribution in [1.29, 1.82) is 0 Å². The minimum atomic E-state index is -1.12. The Morgan fingerprint density at radius 3 is 2.53 bits per heavy atom. The summed E-state index contributed by atoms with van der Waals surface area (Å²) in [5.74, 6) is -2.13. The number of aliphatic carboxylic acids is 1. The lowest BCUT2D eigenvalue weighted by atomic mass is 9.99. The van der Waals surface area contributed by atoms with E-state index in [1.54, 1.807) is 26.0 Å². The Morgan fingerprint density at radius 1 is 1.19 bits per heavy atom. The number of fused-ring (bicyclic) bond motifs is 1. The lowest BCUT2D eigenvalue weighted by Gasteiger charge is -2.20. The molecule has 0 radical (unpaired) electrons. The summed E-state index contributed by atoms with van der Waals surface area (Å²) in [4.78, 5) is 47.3. The molecule has 0 bridgehead atoms. The number of ether oxygens (including phenoxy) is 1. The number of hydrogen-bond acceptors (Lipinski definition) is 6. The zero-order chi connectivity index (χ0) is 23.8. The van der Waals surface area contributed by atoms with Gasteiger partial charge in [0.1, 0.15) is 17.4 Å². The van der Waals surface area contributed by atoms with Crippen molar-refractivity contribution in [3.05, 3.63) is 39.7 Å². The van der Waals surface area contributed by atoms with Gasteiger partial charge in [-0.25, -0.2) is 9.59 Å². The summed E-state index contributed by atoms with van der Waals surface area (Å²) < 4.78 is 10.9. The fourth-order valence-corrected chi connectivity index (χ4v) is 3.32. The minimum Gasteiger partial charge on any atom is -0.483 e. The smallest absolute Gasteiger partial charge is 0.336 e. The number of amides is 2. The Bertz CT molecular complexity index is 1040. The normalized spacial score (nSPS) is 12.8. The number of carbonyl (C=O) groups is 3. The van der Waals surface area contributed by atoms with Crippen molar-refractivity contribution in [3.63, 3.8) is 0 Å². The molecule has 0 saturated heterocycles. The molecule has 1 heterocycles. The van der Waals surface area contributed by atoms with Crippen molar-refractivity contribution in [1.82, 2.24) is 10.6 Å². The molecule has 0 fully saturated rings. The average molecular weight is 447 g/mol. The molecule has 2 amide bonds. The van der Waals surface area contributed by atoms with Gasteiger partial charge in [-0.05, 0) is 37.0 Å². The lowest BCUT2D eigenvalue weighted by molar-refractivity contribution is -0.143. The summed E-state index contributed by atoms with van der Waals surface area (Å²) in [5, 5.41) is 14.9. The highest BCUT2D eigenvalue weighted by atomic mass is 16.5. The highest BCUT2D eigenvalue weighted by Gasteiger charge is 2.25. The van der Waals surface area contributed by atoms with Crippen molar-refractivity contribution >= 4 is 28.8 Å². The van der Waals surface area contributed by atoms with Crippen LogP contribution in [0.25, 0.3) is 11.0 Å². The number of carboxylic acid groups (broad SMARTS) is 1. The van der Waals surface area contributed by atoms with Crippen LogP contribution in [0.3, 0.4) is 0 Å². The SMILES string of the molecule is CCCc1cc(=O)oc2c(C)c(OCC(=O)NCC(=O)N[C@@H](C(=O)O)[C@H](C)CC)ccc12. The second kappa shape index (κ2) is 11.3. The topological polar surface area (TPSA) is 135 Å². The van der Waals surface area contributed by atoms with Crippen LogP contribution in [0.2, 0.25) is 0 Å². The van der Waals surface area contributed by atoms with Gasteiger partial charge in [0.2, 0.25) is 5.91 Å². The van der Waals surface area contributed by atoms with E-state index in [-0.39, 0.29) is 19.1 Å². The van der Waals surface area contributed by atoms with Crippen LogP contribution >= 0.6 is 0 Å². The molecule has 0 aliphatic heterocycles. The van der Waals surface area contributed by atoms with Gasteiger partial charge in [-0.15, -0.1) is 0 Å². The van der Waals surface area contributed by atoms with Gasteiger partial charge >= 0.3 is 11.6 Å². The molecular formula is C23H30N2O7. The Balaban J connectivity index is 1.98. The van der Waals surface area contributed by atoms with Gasteiger partial charge in [-0.2, -0.15) is 0 Å². The van der Waals surface area contributed by atoms with Crippen LogP contribution in [0.5, 0.6) is 5.75 Å². The molecule has 1 aromatic heterocycles. The van der Waals surface area contributed by atoms with Crippen LogP contribution in [-0.4, -0.2) is 42.1 Å². The third-order valence-corrected chi connectivity index (χ3v) is 5.32. The molecule has 0 spiro atoms. The van der Waals surface area contributed by atoms with E-state index in [1.165, 1.54) is 6.07 Å². The van der Waals surface area contributed by atoms with Crippen molar-refractivity contribution in [2.45, 2.75) is 53.0 Å². The summed E-state index contributed by atoms with van der Waals surface area (Å²) in [5.41, 5.74) is 1.47. The fraction of sp³-hybridized carbons (Fsp3) is 0.478. The predicted molar refractivity (Wildman–Crippen MR) is 119 cm³/mol. The van der Waals surface area contributed by atoms with Gasteiger partial charge in [-0.1, -0.05) is 33.6 Å². The number of carboxylic acids is 1. The maximum Gasteiger partial charge on any atom is 0.336 e. The quantitative estimate of drug-likeness (QED) is 0.450. The van der Waals surface area contributed by atoms with Gasteiger partial charge in [-0.3, -0.25) is 9.59 Å². The maximum atomic E-state index is 12.1. The summed E-state index contributed by atoms with van der Waals surface area (Å²) in [6, 6.07) is 3.96. The van der Waals surface area contributed by atoms with Gasteiger partial charge < -0.3 is 24.9 Å². The van der Waals surface area contributed by atoms with Crippen LogP contribution in [0.4, 0.5) is 0 Å². The van der Waals surface area contributed by atoms with Gasteiger partial charge in [0.15, 0.2) is 6.61 Å². The molecule has 0 aliphatic carbocycles. The Morgan fingerprint density at radius 2 is 1.91 bits per heavy atom. The van der Waals surface area contributed by atoms with Crippen LogP contribution < -0.4 is 21.0 Å². The number of nitrogens with one attached hydrogen (secondary N) is 2. The van der Waals surface area contributed by atoms with Crippen LogP contribution in [-0.2, 0) is 20.8 Å².